The molecule has 7 nitrogen and oxygen atoms in total. The molecule has 0 heterocycles. The van der Waals surface area contributed by atoms with Crippen molar-refractivity contribution in [3.63, 3.8) is 0 Å². The molecule has 2 aromatic rings. The molecule has 0 aliphatic heterocycles. The monoisotopic (exact) mass is 448 g/mol. The number of ether oxygens (including phenoxy) is 1. The number of hydrogen-bond donors (Lipinski definition) is 2. The molecule has 0 unspecified atom stereocenters. The molecular formula is C26H28N2O5. The smallest absolute Gasteiger partial charge is 0.408 e. The Kier molecular flexibility index (Phi) is 5.35. The van der Waals surface area contributed by atoms with E-state index in [1.807, 2.05) is 24.3 Å². The summed E-state index contributed by atoms with van der Waals surface area (Å²) < 4.78 is 5.65. The molecule has 0 radical (unpaired) electrons. The molecule has 3 aliphatic carbocycles. The Bertz CT molecular complexity index is 1060. The number of carboxylic acids is 1. The maximum absolute atomic E-state index is 13.2. The summed E-state index contributed by atoms with van der Waals surface area (Å²) in [5.74, 6) is -1.40. The maximum Gasteiger partial charge on any atom is 0.408 e. The molecular weight excluding hydrogens is 420 g/mol. The average Bonchev–Trinajstić information content (AvgIpc) is 3.07. The molecule has 0 aromatic heterocycles. The van der Waals surface area contributed by atoms with Crippen LogP contribution >= 0.6 is 0 Å². The molecule has 2 fully saturated rings. The Labute approximate surface area is 192 Å². The molecule has 7 heteroatoms. The number of carboxylic acid groups (broad SMARTS) is 1. The topological polar surface area (TPSA) is 95.9 Å². The summed E-state index contributed by atoms with van der Waals surface area (Å²) in [6.07, 6.45) is 2.31. The van der Waals surface area contributed by atoms with Gasteiger partial charge in [0.1, 0.15) is 12.1 Å². The van der Waals surface area contributed by atoms with Gasteiger partial charge in [0.2, 0.25) is 5.91 Å². The molecule has 172 valence electrons. The Hall–Kier alpha value is -3.35. The van der Waals surface area contributed by atoms with Crippen LogP contribution < -0.4 is 5.32 Å². The summed E-state index contributed by atoms with van der Waals surface area (Å²) >= 11 is 0. The van der Waals surface area contributed by atoms with Gasteiger partial charge in [-0.25, -0.2) is 4.79 Å². The standard InChI is InChI=1S/C26H28N2O5/c1-28(17-13-16(14-17)23(29)30)24(31)26(11-6-12-26)27-25(32)33-15-22-20-9-4-2-7-18(20)19-8-3-5-10-21(19)22/h2-5,7-10,16-17,22H,6,11-15H2,1H3,(H,27,32)(H,29,30). The van der Waals surface area contributed by atoms with Crippen molar-refractivity contribution in [2.45, 2.75) is 49.6 Å². The highest BCUT2D eigenvalue weighted by Gasteiger charge is 2.50. The first kappa shape index (κ1) is 21.5. The van der Waals surface area contributed by atoms with Crippen LogP contribution in [-0.2, 0) is 14.3 Å². The van der Waals surface area contributed by atoms with E-state index in [0.717, 1.165) is 28.7 Å². The molecule has 0 bridgehead atoms. The summed E-state index contributed by atoms with van der Waals surface area (Å²) in [6, 6.07) is 16.2. The number of fused-ring (bicyclic) bond motifs is 3. The largest absolute Gasteiger partial charge is 0.481 e. The van der Waals surface area contributed by atoms with Gasteiger partial charge >= 0.3 is 12.1 Å². The SMILES string of the molecule is CN(C(=O)C1(NC(=O)OCC2c3ccccc3-c3ccccc32)CCC1)C1CC(C(=O)O)C1. The van der Waals surface area contributed by atoms with Crippen LogP contribution in [0.2, 0.25) is 0 Å². The number of aliphatic carboxylic acids is 1. The van der Waals surface area contributed by atoms with Crippen molar-refractivity contribution in [2.75, 3.05) is 13.7 Å². The minimum Gasteiger partial charge on any atom is -0.481 e. The van der Waals surface area contributed by atoms with E-state index in [0.29, 0.717) is 25.7 Å². The zero-order valence-electron chi connectivity index (χ0n) is 18.6. The number of benzene rings is 2. The number of amides is 2. The molecule has 2 amide bonds. The van der Waals surface area contributed by atoms with Gasteiger partial charge in [-0.1, -0.05) is 48.5 Å². The van der Waals surface area contributed by atoms with Crippen LogP contribution in [0.4, 0.5) is 4.79 Å². The zero-order chi connectivity index (χ0) is 23.2. The van der Waals surface area contributed by atoms with E-state index in [-0.39, 0.29) is 24.5 Å². The summed E-state index contributed by atoms with van der Waals surface area (Å²) in [4.78, 5) is 38.7. The normalized spacial score (nSPS) is 22.2. The van der Waals surface area contributed by atoms with Gasteiger partial charge in [-0.2, -0.15) is 0 Å². The van der Waals surface area contributed by atoms with Crippen molar-refractivity contribution in [3.05, 3.63) is 59.7 Å². The van der Waals surface area contributed by atoms with Crippen LogP contribution in [0.3, 0.4) is 0 Å². The lowest BCUT2D eigenvalue weighted by molar-refractivity contribution is -0.153. The summed E-state index contributed by atoms with van der Waals surface area (Å²) in [6.45, 7) is 0.197. The van der Waals surface area contributed by atoms with Crippen LogP contribution in [-0.4, -0.2) is 53.2 Å². The van der Waals surface area contributed by atoms with E-state index in [1.54, 1.807) is 11.9 Å². The third-order valence-electron chi connectivity index (χ3n) is 7.63. The number of likely N-dealkylation sites (N-methyl/N-ethyl adjacent to an activating group) is 1. The lowest BCUT2D eigenvalue weighted by Crippen LogP contribution is -2.65. The molecule has 5 rings (SSSR count). The lowest BCUT2D eigenvalue weighted by atomic mass is 9.73. The number of alkyl carbamates (subject to hydrolysis) is 1. The van der Waals surface area contributed by atoms with E-state index in [1.165, 1.54) is 0 Å². The Morgan fingerprint density at radius 2 is 1.61 bits per heavy atom. The number of carbonyl (C=O) groups excluding carboxylic acids is 2. The third kappa shape index (κ3) is 3.65. The predicted molar refractivity (Wildman–Crippen MR) is 122 cm³/mol. The second kappa shape index (κ2) is 8.21. The van der Waals surface area contributed by atoms with Gasteiger partial charge in [0.05, 0.1) is 5.92 Å². The number of hydrogen-bond acceptors (Lipinski definition) is 4. The highest BCUT2D eigenvalue weighted by Crippen LogP contribution is 2.44. The minimum atomic E-state index is -0.953. The Balaban J connectivity index is 1.23. The van der Waals surface area contributed by atoms with E-state index < -0.39 is 23.5 Å². The maximum atomic E-state index is 13.2. The fraction of sp³-hybridized carbons (Fsp3) is 0.423. The van der Waals surface area contributed by atoms with E-state index >= 15 is 0 Å². The van der Waals surface area contributed by atoms with Gasteiger partial charge in [0, 0.05) is 19.0 Å². The predicted octanol–water partition coefficient (Wildman–Crippen LogP) is 3.77. The first-order valence-corrected chi connectivity index (χ1v) is 11.5. The molecule has 0 saturated heterocycles. The first-order valence-electron chi connectivity index (χ1n) is 11.5. The van der Waals surface area contributed by atoms with Crippen LogP contribution in [0.5, 0.6) is 0 Å². The number of nitrogens with zero attached hydrogens (tertiary/aromatic N) is 1. The van der Waals surface area contributed by atoms with Crippen LogP contribution in [0.25, 0.3) is 11.1 Å². The number of nitrogens with one attached hydrogen (secondary N) is 1. The van der Waals surface area contributed by atoms with Gasteiger partial charge in [-0.05, 0) is 54.4 Å². The molecule has 0 spiro atoms. The lowest BCUT2D eigenvalue weighted by Gasteiger charge is -2.47. The van der Waals surface area contributed by atoms with Gasteiger partial charge < -0.3 is 20.1 Å². The molecule has 2 aromatic carbocycles. The Morgan fingerprint density at radius 1 is 1.03 bits per heavy atom. The van der Waals surface area contributed by atoms with Gasteiger partial charge in [0.25, 0.3) is 0 Å². The fourth-order valence-corrected chi connectivity index (χ4v) is 5.36. The van der Waals surface area contributed by atoms with Crippen molar-refractivity contribution >= 4 is 18.0 Å². The van der Waals surface area contributed by atoms with Gasteiger partial charge in [0.15, 0.2) is 0 Å². The Morgan fingerprint density at radius 3 is 2.12 bits per heavy atom. The summed E-state index contributed by atoms with van der Waals surface area (Å²) in [5.41, 5.74) is 3.65. The molecule has 2 saturated carbocycles. The van der Waals surface area contributed by atoms with Crippen molar-refractivity contribution in [1.82, 2.24) is 10.2 Å². The summed E-state index contributed by atoms with van der Waals surface area (Å²) in [5, 5.41) is 12.0. The van der Waals surface area contributed by atoms with Crippen molar-refractivity contribution in [2.24, 2.45) is 5.92 Å². The molecule has 2 N–H and O–H groups in total. The minimum absolute atomic E-state index is 0.0400. The fourth-order valence-electron chi connectivity index (χ4n) is 5.36. The molecule has 33 heavy (non-hydrogen) atoms. The van der Waals surface area contributed by atoms with Gasteiger partial charge in [-0.3, -0.25) is 9.59 Å². The van der Waals surface area contributed by atoms with Crippen LogP contribution in [0, 0.1) is 5.92 Å². The quantitative estimate of drug-likeness (QED) is 0.701. The first-order chi connectivity index (χ1) is 15.9. The second-order valence-corrected chi connectivity index (χ2v) is 9.46. The van der Waals surface area contributed by atoms with Crippen LogP contribution in [0.1, 0.15) is 49.1 Å². The highest BCUT2D eigenvalue weighted by atomic mass is 16.5. The number of rotatable bonds is 6. The van der Waals surface area contributed by atoms with Crippen LogP contribution in [0.15, 0.2) is 48.5 Å². The number of carbonyl (C=O) groups is 3. The van der Waals surface area contributed by atoms with Crippen molar-refractivity contribution < 1.29 is 24.2 Å². The third-order valence-corrected chi connectivity index (χ3v) is 7.63. The van der Waals surface area contributed by atoms with E-state index in [2.05, 4.69) is 29.6 Å². The van der Waals surface area contributed by atoms with E-state index in [4.69, 9.17) is 9.84 Å². The van der Waals surface area contributed by atoms with Gasteiger partial charge in [-0.15, -0.1) is 0 Å². The molecule has 0 atom stereocenters. The molecule has 3 aliphatic rings. The van der Waals surface area contributed by atoms with E-state index in [9.17, 15) is 14.4 Å². The average molecular weight is 449 g/mol. The van der Waals surface area contributed by atoms with Crippen molar-refractivity contribution in [3.8, 4) is 11.1 Å². The second-order valence-electron chi connectivity index (χ2n) is 9.46. The van der Waals surface area contributed by atoms with Crippen molar-refractivity contribution in [1.29, 1.82) is 0 Å². The highest BCUT2D eigenvalue weighted by molar-refractivity contribution is 5.91. The zero-order valence-corrected chi connectivity index (χ0v) is 18.6. The summed E-state index contributed by atoms with van der Waals surface area (Å²) in [7, 11) is 1.70.